The third kappa shape index (κ3) is 3.15. The number of H-pyrrole nitrogens is 2. The normalized spacial score (nSPS) is 11.6. The Labute approximate surface area is 164 Å². The van der Waals surface area contributed by atoms with Crippen LogP contribution in [0.3, 0.4) is 0 Å². The van der Waals surface area contributed by atoms with Crippen molar-refractivity contribution in [3.05, 3.63) is 91.5 Å². The van der Waals surface area contributed by atoms with Crippen LogP contribution in [0.25, 0.3) is 21.8 Å². The molecule has 0 unspecified atom stereocenters. The van der Waals surface area contributed by atoms with Crippen molar-refractivity contribution in [1.29, 1.82) is 0 Å². The number of aromatic amines is 2. The average Bonchev–Trinajstić information content (AvgIpc) is 2.76. The zero-order valence-corrected chi connectivity index (χ0v) is 16.8. The molecule has 0 saturated carbocycles. The van der Waals surface area contributed by atoms with Crippen LogP contribution in [-0.4, -0.2) is 9.97 Å². The Kier molecular flexibility index (Phi) is 5.78. The van der Waals surface area contributed by atoms with Crippen LogP contribution in [-0.2, 0) is 12.8 Å². The SMILES string of the molecule is CC.CC.O=c1[nH]c2ccccc2c2c1Cc1c(c(=O)[nH]c3ccccc13)C2. The summed E-state index contributed by atoms with van der Waals surface area (Å²) in [6, 6.07) is 15.5. The summed E-state index contributed by atoms with van der Waals surface area (Å²) in [7, 11) is 0. The number of hydrogen-bond acceptors (Lipinski definition) is 2. The predicted molar refractivity (Wildman–Crippen MR) is 117 cm³/mol. The van der Waals surface area contributed by atoms with Gasteiger partial charge in [0.2, 0.25) is 0 Å². The summed E-state index contributed by atoms with van der Waals surface area (Å²) < 4.78 is 0. The van der Waals surface area contributed by atoms with Crippen LogP contribution in [0.15, 0.2) is 58.1 Å². The van der Waals surface area contributed by atoms with E-state index in [0.717, 1.165) is 44.1 Å². The molecule has 0 fully saturated rings. The molecule has 0 bridgehead atoms. The van der Waals surface area contributed by atoms with E-state index in [2.05, 4.69) is 9.97 Å². The number of fused-ring (bicyclic) bond motifs is 6. The Hall–Kier alpha value is -3.14. The van der Waals surface area contributed by atoms with E-state index >= 15 is 0 Å². The van der Waals surface area contributed by atoms with Crippen LogP contribution in [0.1, 0.15) is 49.9 Å². The highest BCUT2D eigenvalue weighted by Gasteiger charge is 2.24. The number of benzene rings is 2. The molecule has 2 N–H and O–H groups in total. The van der Waals surface area contributed by atoms with Crippen LogP contribution in [0.4, 0.5) is 0 Å². The first kappa shape index (κ1) is 19.6. The third-order valence-electron chi connectivity index (χ3n) is 4.98. The van der Waals surface area contributed by atoms with Gasteiger partial charge < -0.3 is 9.97 Å². The Morgan fingerprint density at radius 2 is 0.929 bits per heavy atom. The topological polar surface area (TPSA) is 65.7 Å². The molecule has 0 aliphatic heterocycles. The molecular formula is C24H26N2O2. The molecule has 4 nitrogen and oxygen atoms in total. The van der Waals surface area contributed by atoms with Gasteiger partial charge >= 0.3 is 0 Å². The molecule has 0 amide bonds. The van der Waals surface area contributed by atoms with Gasteiger partial charge in [0.1, 0.15) is 0 Å². The molecule has 2 aromatic carbocycles. The van der Waals surface area contributed by atoms with E-state index < -0.39 is 0 Å². The Bertz CT molecular complexity index is 1150. The number of aromatic nitrogens is 2. The summed E-state index contributed by atoms with van der Waals surface area (Å²) in [5.41, 5.74) is 5.03. The minimum Gasteiger partial charge on any atom is -0.322 e. The molecule has 4 aromatic rings. The van der Waals surface area contributed by atoms with E-state index in [1.54, 1.807) is 0 Å². The molecule has 1 aliphatic carbocycles. The summed E-state index contributed by atoms with van der Waals surface area (Å²) in [6.45, 7) is 8.00. The van der Waals surface area contributed by atoms with Gasteiger partial charge in [0.05, 0.1) is 0 Å². The van der Waals surface area contributed by atoms with Crippen molar-refractivity contribution in [2.75, 3.05) is 0 Å². The highest BCUT2D eigenvalue weighted by Crippen LogP contribution is 2.31. The minimum atomic E-state index is -0.0567. The highest BCUT2D eigenvalue weighted by molar-refractivity contribution is 5.87. The number of rotatable bonds is 0. The van der Waals surface area contributed by atoms with Gasteiger partial charge in [-0.05, 0) is 23.3 Å². The number of pyridine rings is 2. The number of para-hydroxylation sites is 2. The van der Waals surface area contributed by atoms with Crippen molar-refractivity contribution in [2.24, 2.45) is 0 Å². The van der Waals surface area contributed by atoms with Crippen molar-refractivity contribution >= 4 is 21.8 Å². The molecule has 5 rings (SSSR count). The van der Waals surface area contributed by atoms with Crippen LogP contribution in [0.2, 0.25) is 0 Å². The summed E-state index contributed by atoms with van der Waals surface area (Å²) in [5.74, 6) is 0. The zero-order chi connectivity index (χ0) is 20.3. The first-order valence-electron chi connectivity index (χ1n) is 9.98. The molecule has 1 aliphatic rings. The predicted octanol–water partition coefficient (Wildman–Crippen LogP) is 4.92. The maximum absolute atomic E-state index is 12.6. The van der Waals surface area contributed by atoms with Gasteiger partial charge in [0.15, 0.2) is 0 Å². The summed E-state index contributed by atoms with van der Waals surface area (Å²) in [4.78, 5) is 31.1. The lowest BCUT2D eigenvalue weighted by atomic mass is 9.84. The molecule has 0 spiro atoms. The van der Waals surface area contributed by atoms with Crippen LogP contribution in [0, 0.1) is 0 Å². The lowest BCUT2D eigenvalue weighted by Gasteiger charge is -2.21. The van der Waals surface area contributed by atoms with Crippen molar-refractivity contribution in [3.63, 3.8) is 0 Å². The fraction of sp³-hybridized carbons (Fsp3) is 0.250. The van der Waals surface area contributed by atoms with E-state index in [0.29, 0.717) is 12.8 Å². The summed E-state index contributed by atoms with van der Waals surface area (Å²) >= 11 is 0. The quantitative estimate of drug-likeness (QED) is 0.404. The number of nitrogens with one attached hydrogen (secondary N) is 2. The van der Waals surface area contributed by atoms with E-state index in [1.165, 1.54) is 0 Å². The fourth-order valence-electron chi connectivity index (χ4n) is 3.84. The smallest absolute Gasteiger partial charge is 0.252 e. The second-order valence-electron chi connectivity index (χ2n) is 6.27. The van der Waals surface area contributed by atoms with Gasteiger partial charge in [-0.15, -0.1) is 0 Å². The lowest BCUT2D eigenvalue weighted by Crippen LogP contribution is -2.26. The first-order valence-corrected chi connectivity index (χ1v) is 9.98. The molecule has 0 radical (unpaired) electrons. The van der Waals surface area contributed by atoms with Gasteiger partial charge in [-0.25, -0.2) is 0 Å². The molecule has 4 heteroatoms. The molecular weight excluding hydrogens is 348 g/mol. The first-order chi connectivity index (χ1) is 13.7. The minimum absolute atomic E-state index is 0.0567. The van der Waals surface area contributed by atoms with Gasteiger partial charge in [-0.1, -0.05) is 64.1 Å². The van der Waals surface area contributed by atoms with Crippen molar-refractivity contribution in [3.8, 4) is 0 Å². The maximum atomic E-state index is 12.6. The van der Waals surface area contributed by atoms with Crippen molar-refractivity contribution in [1.82, 2.24) is 9.97 Å². The summed E-state index contributed by atoms with van der Waals surface area (Å²) in [5, 5.41) is 2.04. The van der Waals surface area contributed by atoms with Gasteiger partial charge in [0, 0.05) is 45.8 Å². The Morgan fingerprint density at radius 3 is 1.32 bits per heavy atom. The second kappa shape index (κ2) is 8.26. The third-order valence-corrected chi connectivity index (χ3v) is 4.98. The summed E-state index contributed by atoms with van der Waals surface area (Å²) in [6.07, 6.45) is 0.991. The molecule has 2 aromatic heterocycles. The fourth-order valence-corrected chi connectivity index (χ4v) is 3.84. The maximum Gasteiger partial charge on any atom is 0.252 e. The molecule has 0 atom stereocenters. The van der Waals surface area contributed by atoms with Crippen LogP contribution >= 0.6 is 0 Å². The van der Waals surface area contributed by atoms with E-state index in [4.69, 9.17) is 0 Å². The van der Waals surface area contributed by atoms with Crippen molar-refractivity contribution in [2.45, 2.75) is 40.5 Å². The Balaban J connectivity index is 0.000000531. The van der Waals surface area contributed by atoms with Gasteiger partial charge in [-0.2, -0.15) is 0 Å². The lowest BCUT2D eigenvalue weighted by molar-refractivity contribution is 0.963. The molecule has 28 heavy (non-hydrogen) atoms. The molecule has 144 valence electrons. The average molecular weight is 374 g/mol. The van der Waals surface area contributed by atoms with Gasteiger partial charge in [0.25, 0.3) is 11.1 Å². The van der Waals surface area contributed by atoms with E-state index in [1.807, 2.05) is 76.2 Å². The Morgan fingerprint density at radius 1 is 0.571 bits per heavy atom. The highest BCUT2D eigenvalue weighted by atomic mass is 16.1. The zero-order valence-electron chi connectivity index (χ0n) is 16.8. The standard InChI is InChI=1S/C20H14N2O2.2C2H6/c23-19-15-10-14-12-6-2-4-8-18(12)22-20(24)16(14)9-13(15)11-5-1-3-7-17(11)21-19;2*1-2/h1-8H,9-10H2,(H,21,23)(H,22,24);2*1-2H3. The molecule has 2 heterocycles. The largest absolute Gasteiger partial charge is 0.322 e. The van der Waals surface area contributed by atoms with E-state index in [9.17, 15) is 9.59 Å². The second-order valence-corrected chi connectivity index (χ2v) is 6.27. The van der Waals surface area contributed by atoms with Gasteiger partial charge in [-0.3, -0.25) is 9.59 Å². The van der Waals surface area contributed by atoms with Crippen LogP contribution in [0.5, 0.6) is 0 Å². The molecule has 0 saturated heterocycles. The van der Waals surface area contributed by atoms with E-state index in [-0.39, 0.29) is 11.1 Å². The monoisotopic (exact) mass is 374 g/mol. The van der Waals surface area contributed by atoms with Crippen molar-refractivity contribution < 1.29 is 0 Å². The van der Waals surface area contributed by atoms with Crippen LogP contribution < -0.4 is 11.1 Å². The number of hydrogen-bond donors (Lipinski definition) is 2.